The zero-order chi connectivity index (χ0) is 23.3. The summed E-state index contributed by atoms with van der Waals surface area (Å²) in [5, 5.41) is 21.8. The van der Waals surface area contributed by atoms with Gasteiger partial charge < -0.3 is 25.0 Å². The van der Waals surface area contributed by atoms with Gasteiger partial charge in [0.15, 0.2) is 5.65 Å². The minimum atomic E-state index is -1.13. The standard InChI is InChI=1S/C23H27N7O3/c1-13(2)29-10-16(14-6-5-7-25-20(14)29)17-8-19(24-4)30-21(27-17)15(9-26-30)22(31)28-18-11-33-12-23(18,3)32/h5-10,13,18,24,32H,11-12H2,1-4H3,(H,28,31)/t18?,23-/m1/s1. The third-order valence-corrected chi connectivity index (χ3v) is 6.13. The van der Waals surface area contributed by atoms with E-state index in [-0.39, 0.29) is 25.2 Å². The highest BCUT2D eigenvalue weighted by molar-refractivity contribution is 6.01. The Labute approximate surface area is 190 Å². The fourth-order valence-corrected chi connectivity index (χ4v) is 4.22. The van der Waals surface area contributed by atoms with E-state index in [1.54, 1.807) is 24.7 Å². The molecule has 1 aliphatic rings. The normalized spacial score (nSPS) is 20.7. The molecule has 5 heterocycles. The molecular formula is C23H27N7O3. The highest BCUT2D eigenvalue weighted by Gasteiger charge is 2.39. The van der Waals surface area contributed by atoms with E-state index in [9.17, 15) is 9.90 Å². The van der Waals surface area contributed by atoms with E-state index in [0.717, 1.165) is 16.6 Å². The molecule has 1 unspecified atom stereocenters. The van der Waals surface area contributed by atoms with Gasteiger partial charge in [-0.1, -0.05) is 0 Å². The third-order valence-electron chi connectivity index (χ3n) is 6.13. The van der Waals surface area contributed by atoms with Crippen molar-refractivity contribution in [3.63, 3.8) is 0 Å². The molecule has 0 aromatic carbocycles. The van der Waals surface area contributed by atoms with Crippen molar-refractivity contribution in [2.45, 2.75) is 38.5 Å². The number of nitrogens with one attached hydrogen (secondary N) is 2. The summed E-state index contributed by atoms with van der Waals surface area (Å²) in [6.45, 7) is 6.28. The molecule has 0 spiro atoms. The number of hydrogen-bond donors (Lipinski definition) is 3. The average Bonchev–Trinajstić information content (AvgIpc) is 3.48. The highest BCUT2D eigenvalue weighted by Crippen LogP contribution is 2.32. The molecule has 10 heteroatoms. The first-order valence-corrected chi connectivity index (χ1v) is 10.9. The zero-order valence-electron chi connectivity index (χ0n) is 19.0. The zero-order valence-corrected chi connectivity index (χ0v) is 19.0. The van der Waals surface area contributed by atoms with E-state index >= 15 is 0 Å². The second kappa shape index (κ2) is 7.82. The number of anilines is 1. The molecule has 3 N–H and O–H groups in total. The predicted molar refractivity (Wildman–Crippen MR) is 124 cm³/mol. The molecule has 0 aliphatic carbocycles. The molecule has 1 saturated heterocycles. The molecular weight excluding hydrogens is 422 g/mol. The first-order chi connectivity index (χ1) is 15.8. The molecule has 4 aromatic heterocycles. The average molecular weight is 450 g/mol. The first-order valence-electron chi connectivity index (χ1n) is 10.9. The molecule has 0 bridgehead atoms. The molecule has 172 valence electrons. The van der Waals surface area contributed by atoms with Crippen molar-refractivity contribution in [3.05, 3.63) is 42.4 Å². The van der Waals surface area contributed by atoms with Crippen LogP contribution >= 0.6 is 0 Å². The molecule has 4 aromatic rings. The van der Waals surface area contributed by atoms with Crippen LogP contribution in [0.15, 0.2) is 36.8 Å². The summed E-state index contributed by atoms with van der Waals surface area (Å²) in [6.07, 6.45) is 5.32. The molecule has 0 radical (unpaired) electrons. The van der Waals surface area contributed by atoms with Crippen molar-refractivity contribution in [1.29, 1.82) is 0 Å². The van der Waals surface area contributed by atoms with Crippen LogP contribution < -0.4 is 10.6 Å². The van der Waals surface area contributed by atoms with Gasteiger partial charge in [-0.25, -0.2) is 9.97 Å². The molecule has 0 saturated carbocycles. The monoisotopic (exact) mass is 449 g/mol. The van der Waals surface area contributed by atoms with E-state index in [0.29, 0.717) is 22.7 Å². The lowest BCUT2D eigenvalue weighted by Gasteiger charge is -2.23. The number of carbonyl (C=O) groups excluding carboxylic acids is 1. The quantitative estimate of drug-likeness (QED) is 0.428. The second-order valence-corrected chi connectivity index (χ2v) is 8.89. The second-order valence-electron chi connectivity index (χ2n) is 8.89. The molecule has 1 amide bonds. The number of carbonyl (C=O) groups is 1. The van der Waals surface area contributed by atoms with Gasteiger partial charge in [0.25, 0.3) is 5.91 Å². The van der Waals surface area contributed by atoms with Gasteiger partial charge in [0.1, 0.15) is 22.6 Å². The minimum Gasteiger partial charge on any atom is -0.386 e. The Morgan fingerprint density at radius 2 is 2.18 bits per heavy atom. The number of fused-ring (bicyclic) bond motifs is 2. The summed E-state index contributed by atoms with van der Waals surface area (Å²) in [5.74, 6) is 0.332. The van der Waals surface area contributed by atoms with Gasteiger partial charge in [-0.3, -0.25) is 4.79 Å². The SMILES string of the molecule is CNc1cc(-c2cn(C(C)C)c3ncccc23)nc2c(C(=O)NC3COC[C@@]3(C)O)cnn12. The van der Waals surface area contributed by atoms with Gasteiger partial charge in [-0.2, -0.15) is 9.61 Å². The summed E-state index contributed by atoms with van der Waals surface area (Å²) in [5.41, 5.74) is 2.12. The molecule has 1 fully saturated rings. The first kappa shape index (κ1) is 21.4. The van der Waals surface area contributed by atoms with Crippen LogP contribution in [0.4, 0.5) is 5.82 Å². The number of aliphatic hydroxyl groups is 1. The maximum absolute atomic E-state index is 13.1. The van der Waals surface area contributed by atoms with Crippen LogP contribution in [-0.4, -0.2) is 67.1 Å². The Bertz CT molecular complexity index is 1360. The van der Waals surface area contributed by atoms with Crippen LogP contribution in [0.5, 0.6) is 0 Å². The van der Waals surface area contributed by atoms with E-state index in [1.807, 2.05) is 24.4 Å². The van der Waals surface area contributed by atoms with Gasteiger partial charge in [-0.15, -0.1) is 0 Å². The molecule has 2 atom stereocenters. The Morgan fingerprint density at radius 1 is 1.36 bits per heavy atom. The smallest absolute Gasteiger partial charge is 0.257 e. The maximum Gasteiger partial charge on any atom is 0.257 e. The van der Waals surface area contributed by atoms with E-state index in [1.165, 1.54) is 6.20 Å². The molecule has 1 aliphatic heterocycles. The number of amides is 1. The van der Waals surface area contributed by atoms with Gasteiger partial charge >= 0.3 is 0 Å². The summed E-state index contributed by atoms with van der Waals surface area (Å²) in [4.78, 5) is 22.5. The fourth-order valence-electron chi connectivity index (χ4n) is 4.22. The van der Waals surface area contributed by atoms with Gasteiger partial charge in [0.2, 0.25) is 0 Å². The number of rotatable bonds is 5. The number of nitrogens with zero attached hydrogens (tertiary/aromatic N) is 5. The van der Waals surface area contributed by atoms with Crippen LogP contribution in [0.25, 0.3) is 27.9 Å². The summed E-state index contributed by atoms with van der Waals surface area (Å²) in [6, 6.07) is 5.54. The number of ether oxygens (including phenoxy) is 1. The van der Waals surface area contributed by atoms with Gasteiger partial charge in [-0.05, 0) is 32.9 Å². The van der Waals surface area contributed by atoms with E-state index in [4.69, 9.17) is 9.72 Å². The largest absolute Gasteiger partial charge is 0.386 e. The van der Waals surface area contributed by atoms with Crippen LogP contribution in [0.2, 0.25) is 0 Å². The molecule has 5 rings (SSSR count). The Hall–Kier alpha value is -3.50. The van der Waals surface area contributed by atoms with Crippen LogP contribution in [0, 0.1) is 0 Å². The number of aromatic nitrogens is 5. The van der Waals surface area contributed by atoms with Crippen LogP contribution in [-0.2, 0) is 4.74 Å². The third kappa shape index (κ3) is 3.51. The maximum atomic E-state index is 13.1. The van der Waals surface area contributed by atoms with Crippen molar-refractivity contribution in [2.75, 3.05) is 25.6 Å². The molecule has 33 heavy (non-hydrogen) atoms. The van der Waals surface area contributed by atoms with Crippen LogP contribution in [0.1, 0.15) is 37.2 Å². The van der Waals surface area contributed by atoms with Crippen molar-refractivity contribution in [3.8, 4) is 11.3 Å². The highest BCUT2D eigenvalue weighted by atomic mass is 16.5. The number of hydrogen-bond acceptors (Lipinski definition) is 7. The Morgan fingerprint density at radius 3 is 2.88 bits per heavy atom. The van der Waals surface area contributed by atoms with Crippen molar-refractivity contribution >= 4 is 28.4 Å². The summed E-state index contributed by atoms with van der Waals surface area (Å²) >= 11 is 0. The predicted octanol–water partition coefficient (Wildman–Crippen LogP) is 2.25. The Balaban J connectivity index is 1.63. The van der Waals surface area contributed by atoms with E-state index < -0.39 is 11.6 Å². The van der Waals surface area contributed by atoms with Gasteiger partial charge in [0, 0.05) is 42.5 Å². The number of pyridine rings is 1. The summed E-state index contributed by atoms with van der Waals surface area (Å²) < 4.78 is 9.05. The summed E-state index contributed by atoms with van der Waals surface area (Å²) in [7, 11) is 1.80. The Kier molecular flexibility index (Phi) is 5.06. The van der Waals surface area contributed by atoms with Gasteiger partial charge in [0.05, 0.1) is 31.1 Å². The minimum absolute atomic E-state index is 0.174. The molecule has 10 nitrogen and oxygen atoms in total. The van der Waals surface area contributed by atoms with Crippen molar-refractivity contribution < 1.29 is 14.6 Å². The fraction of sp³-hybridized carbons (Fsp3) is 0.391. The topological polar surface area (TPSA) is 119 Å². The lowest BCUT2D eigenvalue weighted by Crippen LogP contribution is -2.50. The lowest BCUT2D eigenvalue weighted by atomic mass is 10.0. The van der Waals surface area contributed by atoms with Crippen molar-refractivity contribution in [2.24, 2.45) is 0 Å². The lowest BCUT2D eigenvalue weighted by molar-refractivity contribution is 0.0288. The van der Waals surface area contributed by atoms with E-state index in [2.05, 4.69) is 39.1 Å². The van der Waals surface area contributed by atoms with Crippen LogP contribution in [0.3, 0.4) is 0 Å². The van der Waals surface area contributed by atoms with Crippen molar-refractivity contribution in [1.82, 2.24) is 29.5 Å².